The molecule has 3 aromatic rings. The number of hydrogen-bond donors (Lipinski definition) is 1. The maximum Gasteiger partial charge on any atom is 0.228 e. The molecule has 2 amide bonds. The fourth-order valence-electron chi connectivity index (χ4n) is 3.97. The van der Waals surface area contributed by atoms with Crippen LogP contribution in [-0.2, 0) is 16.1 Å². The molecule has 0 saturated carbocycles. The summed E-state index contributed by atoms with van der Waals surface area (Å²) >= 11 is 0. The fraction of sp³-hybridized carbons (Fsp3) is 0.200. The van der Waals surface area contributed by atoms with Gasteiger partial charge in [0, 0.05) is 18.7 Å². The van der Waals surface area contributed by atoms with Crippen molar-refractivity contribution < 1.29 is 18.7 Å². The standard InChI is InChI=1S/C25H23FN2O3/c1-31-21-13-7-18(8-14-21)24-22(25(30)27-16-17-5-3-2-4-6-17)15-23(29)28(24)20-11-9-19(26)10-12-20/h2-14,22,24H,15-16H2,1H3,(H,27,30)/t22-,24-/m0/s1. The molecular weight excluding hydrogens is 395 g/mol. The van der Waals surface area contributed by atoms with Crippen LogP contribution in [0.2, 0.25) is 0 Å². The van der Waals surface area contributed by atoms with Crippen LogP contribution in [0.1, 0.15) is 23.6 Å². The van der Waals surface area contributed by atoms with Crippen molar-refractivity contribution in [3.05, 3.63) is 95.8 Å². The van der Waals surface area contributed by atoms with Crippen LogP contribution >= 0.6 is 0 Å². The number of nitrogens with zero attached hydrogens (tertiary/aromatic N) is 1. The number of nitrogens with one attached hydrogen (secondary N) is 1. The number of halogens is 1. The maximum atomic E-state index is 13.5. The molecule has 2 atom stereocenters. The summed E-state index contributed by atoms with van der Waals surface area (Å²) in [5.74, 6) is -0.635. The molecule has 0 unspecified atom stereocenters. The molecule has 5 nitrogen and oxygen atoms in total. The second-order valence-corrected chi connectivity index (χ2v) is 7.47. The summed E-state index contributed by atoms with van der Waals surface area (Å²) in [5.41, 5.74) is 2.36. The Bertz CT molecular complexity index is 1050. The Morgan fingerprint density at radius 3 is 2.35 bits per heavy atom. The Balaban J connectivity index is 1.64. The van der Waals surface area contributed by atoms with E-state index >= 15 is 0 Å². The number of hydrogen-bond acceptors (Lipinski definition) is 3. The lowest BCUT2D eigenvalue weighted by molar-refractivity contribution is -0.127. The van der Waals surface area contributed by atoms with Crippen molar-refractivity contribution in [2.75, 3.05) is 12.0 Å². The molecule has 6 heteroatoms. The van der Waals surface area contributed by atoms with E-state index in [9.17, 15) is 14.0 Å². The van der Waals surface area contributed by atoms with E-state index in [1.807, 2.05) is 42.5 Å². The first-order valence-electron chi connectivity index (χ1n) is 10.1. The summed E-state index contributed by atoms with van der Waals surface area (Å²) < 4.78 is 18.7. The number of carbonyl (C=O) groups is 2. The lowest BCUT2D eigenvalue weighted by Crippen LogP contribution is -2.35. The molecule has 158 valence electrons. The Morgan fingerprint density at radius 2 is 1.71 bits per heavy atom. The SMILES string of the molecule is COc1ccc([C@H]2[C@@H](C(=O)NCc3ccccc3)CC(=O)N2c2ccc(F)cc2)cc1. The third-order valence-corrected chi connectivity index (χ3v) is 5.53. The van der Waals surface area contributed by atoms with Crippen molar-refractivity contribution in [3.8, 4) is 5.75 Å². The topological polar surface area (TPSA) is 58.6 Å². The zero-order valence-electron chi connectivity index (χ0n) is 17.1. The van der Waals surface area contributed by atoms with Gasteiger partial charge in [0.25, 0.3) is 0 Å². The van der Waals surface area contributed by atoms with Gasteiger partial charge in [0.1, 0.15) is 11.6 Å². The number of anilines is 1. The summed E-state index contributed by atoms with van der Waals surface area (Å²) in [5, 5.41) is 2.96. The summed E-state index contributed by atoms with van der Waals surface area (Å²) in [7, 11) is 1.58. The van der Waals surface area contributed by atoms with Gasteiger partial charge in [-0.05, 0) is 47.5 Å². The molecule has 4 rings (SSSR count). The summed E-state index contributed by atoms with van der Waals surface area (Å²) in [6.07, 6.45) is 0.0781. The van der Waals surface area contributed by atoms with Gasteiger partial charge in [-0.1, -0.05) is 42.5 Å². The number of ether oxygens (including phenoxy) is 1. The monoisotopic (exact) mass is 418 g/mol. The molecule has 1 N–H and O–H groups in total. The van der Waals surface area contributed by atoms with Gasteiger partial charge in [-0.3, -0.25) is 9.59 Å². The van der Waals surface area contributed by atoms with Gasteiger partial charge in [-0.15, -0.1) is 0 Å². The van der Waals surface area contributed by atoms with Gasteiger partial charge >= 0.3 is 0 Å². The second kappa shape index (κ2) is 9.00. The molecule has 3 aromatic carbocycles. The molecule has 0 bridgehead atoms. The zero-order chi connectivity index (χ0) is 21.8. The minimum absolute atomic E-state index is 0.0781. The molecule has 31 heavy (non-hydrogen) atoms. The minimum atomic E-state index is -0.574. The van der Waals surface area contributed by atoms with Gasteiger partial charge in [0.2, 0.25) is 11.8 Å². The highest BCUT2D eigenvalue weighted by Gasteiger charge is 2.45. The Morgan fingerprint density at radius 1 is 1.03 bits per heavy atom. The Labute approximate surface area is 180 Å². The van der Waals surface area contributed by atoms with E-state index in [0.717, 1.165) is 11.1 Å². The molecule has 1 aliphatic rings. The van der Waals surface area contributed by atoms with Crippen LogP contribution < -0.4 is 15.0 Å². The quantitative estimate of drug-likeness (QED) is 0.651. The molecule has 1 saturated heterocycles. The minimum Gasteiger partial charge on any atom is -0.497 e. The van der Waals surface area contributed by atoms with Crippen LogP contribution in [0.5, 0.6) is 5.75 Å². The lowest BCUT2D eigenvalue weighted by Gasteiger charge is -2.28. The van der Waals surface area contributed by atoms with Crippen molar-refractivity contribution in [2.45, 2.75) is 19.0 Å². The number of carbonyl (C=O) groups excluding carboxylic acids is 2. The van der Waals surface area contributed by atoms with Gasteiger partial charge in [0.05, 0.1) is 19.1 Å². The van der Waals surface area contributed by atoms with Crippen LogP contribution in [0.15, 0.2) is 78.9 Å². The van der Waals surface area contributed by atoms with Gasteiger partial charge in [-0.2, -0.15) is 0 Å². The number of methoxy groups -OCH3 is 1. The number of amides is 2. The van der Waals surface area contributed by atoms with Crippen LogP contribution in [-0.4, -0.2) is 18.9 Å². The molecule has 1 aliphatic heterocycles. The average Bonchev–Trinajstić information content (AvgIpc) is 3.16. The third kappa shape index (κ3) is 4.43. The first-order chi connectivity index (χ1) is 15.1. The highest BCUT2D eigenvalue weighted by Crippen LogP contribution is 2.42. The summed E-state index contributed by atoms with van der Waals surface area (Å²) in [4.78, 5) is 27.7. The second-order valence-electron chi connectivity index (χ2n) is 7.47. The molecular formula is C25H23FN2O3. The summed E-state index contributed by atoms with van der Waals surface area (Å²) in [6.45, 7) is 0.385. The van der Waals surface area contributed by atoms with Crippen molar-refractivity contribution in [2.24, 2.45) is 5.92 Å². The Kier molecular flexibility index (Phi) is 5.98. The lowest BCUT2D eigenvalue weighted by atomic mass is 9.92. The molecule has 0 spiro atoms. The third-order valence-electron chi connectivity index (χ3n) is 5.53. The van der Waals surface area contributed by atoms with Crippen molar-refractivity contribution in [1.82, 2.24) is 5.32 Å². The number of benzene rings is 3. The first-order valence-corrected chi connectivity index (χ1v) is 10.1. The van der Waals surface area contributed by atoms with E-state index in [1.165, 1.54) is 12.1 Å². The van der Waals surface area contributed by atoms with E-state index in [1.54, 1.807) is 36.3 Å². The van der Waals surface area contributed by atoms with Crippen LogP contribution in [0.4, 0.5) is 10.1 Å². The van der Waals surface area contributed by atoms with Gasteiger partial charge in [0.15, 0.2) is 0 Å². The van der Waals surface area contributed by atoms with Crippen molar-refractivity contribution >= 4 is 17.5 Å². The van der Waals surface area contributed by atoms with Crippen LogP contribution in [0, 0.1) is 11.7 Å². The van der Waals surface area contributed by atoms with E-state index < -0.39 is 12.0 Å². The molecule has 0 radical (unpaired) electrons. The van der Waals surface area contributed by atoms with E-state index in [2.05, 4.69) is 5.32 Å². The van der Waals surface area contributed by atoms with E-state index in [-0.39, 0.29) is 24.1 Å². The summed E-state index contributed by atoms with van der Waals surface area (Å²) in [6, 6.07) is 22.2. The normalized spacial score (nSPS) is 18.1. The maximum absolute atomic E-state index is 13.5. The molecule has 1 fully saturated rings. The highest BCUT2D eigenvalue weighted by atomic mass is 19.1. The van der Waals surface area contributed by atoms with Gasteiger partial charge in [-0.25, -0.2) is 4.39 Å². The smallest absolute Gasteiger partial charge is 0.228 e. The highest BCUT2D eigenvalue weighted by molar-refractivity contribution is 6.01. The van der Waals surface area contributed by atoms with E-state index in [4.69, 9.17) is 4.74 Å². The molecule has 0 aromatic heterocycles. The fourth-order valence-corrected chi connectivity index (χ4v) is 3.97. The van der Waals surface area contributed by atoms with Crippen molar-refractivity contribution in [3.63, 3.8) is 0 Å². The predicted molar refractivity (Wildman–Crippen MR) is 116 cm³/mol. The predicted octanol–water partition coefficient (Wildman–Crippen LogP) is 4.24. The van der Waals surface area contributed by atoms with Crippen LogP contribution in [0.25, 0.3) is 0 Å². The average molecular weight is 418 g/mol. The van der Waals surface area contributed by atoms with Gasteiger partial charge < -0.3 is 15.0 Å². The largest absolute Gasteiger partial charge is 0.497 e. The van der Waals surface area contributed by atoms with E-state index in [0.29, 0.717) is 18.0 Å². The zero-order valence-corrected chi connectivity index (χ0v) is 17.1. The number of rotatable bonds is 6. The molecule has 0 aliphatic carbocycles. The van der Waals surface area contributed by atoms with Crippen LogP contribution in [0.3, 0.4) is 0 Å². The van der Waals surface area contributed by atoms with Crippen molar-refractivity contribution in [1.29, 1.82) is 0 Å². The molecule has 1 heterocycles. The first kappa shape index (κ1) is 20.6. The Hall–Kier alpha value is -3.67.